The average molecular weight is 757 g/mol. The Morgan fingerprint density at radius 3 is 2.44 bits per heavy atom. The summed E-state index contributed by atoms with van der Waals surface area (Å²) in [6.07, 6.45) is -3.96. The molecule has 4 aliphatic rings. The van der Waals surface area contributed by atoms with Gasteiger partial charge in [-0.1, -0.05) is 57.6 Å². The molecule has 4 aromatic rings. The summed E-state index contributed by atoms with van der Waals surface area (Å²) in [5.41, 5.74) is -0.111. The van der Waals surface area contributed by atoms with Crippen molar-refractivity contribution in [2.75, 3.05) is 16.8 Å². The van der Waals surface area contributed by atoms with Gasteiger partial charge in [0.15, 0.2) is 6.61 Å². The maximum Gasteiger partial charge on any atom is 0.418 e. The van der Waals surface area contributed by atoms with E-state index in [9.17, 15) is 32.3 Å². The lowest BCUT2D eigenvalue weighted by atomic mass is 9.68. The number of ether oxygens (including phenoxy) is 1. The second-order valence-electron chi connectivity index (χ2n) is 12.4. The molecule has 0 radical (unpaired) electrons. The fourth-order valence-corrected chi connectivity index (χ4v) is 11.5. The van der Waals surface area contributed by atoms with Crippen LogP contribution in [-0.4, -0.2) is 34.6 Å². The first-order chi connectivity index (χ1) is 23.0. The fraction of sp³-hybridized carbons (Fsp3) is 0.294. The molecule has 1 saturated heterocycles. The topological polar surface area (TPSA) is 109 Å². The van der Waals surface area contributed by atoms with Crippen molar-refractivity contribution in [1.29, 1.82) is 0 Å². The number of thiazole rings is 1. The number of aromatic amines is 1. The van der Waals surface area contributed by atoms with E-state index >= 15 is 0 Å². The Labute approximate surface area is 288 Å². The Morgan fingerprint density at radius 2 is 1.69 bits per heavy atom. The van der Waals surface area contributed by atoms with E-state index in [1.807, 2.05) is 12.1 Å². The van der Waals surface area contributed by atoms with Crippen LogP contribution in [0.25, 0.3) is 0 Å². The summed E-state index contributed by atoms with van der Waals surface area (Å²) in [6.45, 7) is -0.567. The quantitative estimate of drug-likeness (QED) is 0.207. The van der Waals surface area contributed by atoms with Gasteiger partial charge in [-0.15, -0.1) is 11.8 Å². The van der Waals surface area contributed by atoms with Gasteiger partial charge in [0.05, 0.1) is 33.8 Å². The minimum absolute atomic E-state index is 0.0690. The molecular formula is C34H25BrF3N3O5S2. The third kappa shape index (κ3) is 5.02. The molecule has 2 N–H and O–H groups in total. The molecule has 3 heterocycles. The number of rotatable bonds is 6. The van der Waals surface area contributed by atoms with Crippen molar-refractivity contribution in [3.8, 4) is 5.75 Å². The van der Waals surface area contributed by atoms with Gasteiger partial charge in [0.25, 0.3) is 5.91 Å². The number of fused-ring (bicyclic) bond motifs is 9. The molecule has 0 spiro atoms. The number of hydrogen-bond acceptors (Lipinski definition) is 7. The molecule has 3 aromatic carbocycles. The van der Waals surface area contributed by atoms with Crippen molar-refractivity contribution in [3.05, 3.63) is 103 Å². The number of nitrogens with one attached hydrogen (secondary N) is 2. The smallest absolute Gasteiger partial charge is 0.418 e. The monoisotopic (exact) mass is 755 g/mol. The van der Waals surface area contributed by atoms with Gasteiger partial charge in [-0.05, 0) is 66.6 Å². The van der Waals surface area contributed by atoms with Crippen molar-refractivity contribution < 1.29 is 32.3 Å². The number of hydrogen-bond donors (Lipinski definition) is 2. The highest BCUT2D eigenvalue weighted by Gasteiger charge is 2.69. The summed E-state index contributed by atoms with van der Waals surface area (Å²) in [5, 5.41) is 2.96. The molecule has 1 aromatic heterocycles. The Balaban J connectivity index is 1.13. The molecule has 3 amide bonds. The van der Waals surface area contributed by atoms with Crippen LogP contribution in [0.4, 0.5) is 24.5 Å². The number of benzene rings is 3. The number of amides is 3. The van der Waals surface area contributed by atoms with E-state index in [0.717, 1.165) is 26.8 Å². The van der Waals surface area contributed by atoms with Crippen molar-refractivity contribution in [1.82, 2.24) is 4.98 Å². The zero-order chi connectivity index (χ0) is 33.5. The van der Waals surface area contributed by atoms with Crippen LogP contribution in [0.15, 0.2) is 87.1 Å². The Kier molecular flexibility index (Phi) is 7.60. The van der Waals surface area contributed by atoms with Crippen molar-refractivity contribution in [2.45, 2.75) is 28.8 Å². The summed E-state index contributed by atoms with van der Waals surface area (Å²) in [5.74, 6) is -2.55. The summed E-state index contributed by atoms with van der Waals surface area (Å²) in [4.78, 5) is 58.3. The number of anilines is 2. The SMILES string of the molecule is O=C(COc1ccc(Br)cc1[C@@H]1c2sc(=O)[nH]c2S[C@@H]2[C@@H]3C[C@@H]([C@@H]4C(=O)N(c5ccccc5)C(=O)[C@@H]34)[C@H]12)Nc1ccccc1C(F)(F)F. The number of aromatic nitrogens is 1. The van der Waals surface area contributed by atoms with E-state index in [2.05, 4.69) is 26.2 Å². The zero-order valence-corrected chi connectivity index (χ0v) is 27.9. The van der Waals surface area contributed by atoms with Gasteiger partial charge < -0.3 is 15.0 Å². The lowest BCUT2D eigenvalue weighted by molar-refractivity contribution is -0.137. The molecule has 2 bridgehead atoms. The molecule has 14 heteroatoms. The van der Waals surface area contributed by atoms with E-state index < -0.39 is 42.0 Å². The van der Waals surface area contributed by atoms with Crippen molar-refractivity contribution in [3.63, 3.8) is 0 Å². The van der Waals surface area contributed by atoms with Gasteiger partial charge in [-0.2, -0.15) is 13.2 Å². The average Bonchev–Trinajstić information content (AvgIpc) is 3.79. The Bertz CT molecular complexity index is 2040. The molecule has 0 unspecified atom stereocenters. The fourth-order valence-electron chi connectivity index (χ4n) is 8.26. The summed E-state index contributed by atoms with van der Waals surface area (Å²) in [6, 6.07) is 18.9. The normalized spacial score (nSPS) is 27.1. The highest BCUT2D eigenvalue weighted by atomic mass is 79.9. The van der Waals surface area contributed by atoms with E-state index in [1.165, 1.54) is 23.1 Å². The third-order valence-corrected chi connectivity index (χ3v) is 13.0. The number of nitrogens with zero attached hydrogens (tertiary/aromatic N) is 1. The van der Waals surface area contributed by atoms with E-state index in [-0.39, 0.29) is 45.4 Å². The number of alkyl halides is 3. The van der Waals surface area contributed by atoms with Gasteiger partial charge in [0.1, 0.15) is 5.75 Å². The number of thioether (sulfide) groups is 1. The standard InChI is InChI=1S/C34H25BrF3N3O5S2/c35-15-10-11-22(46-14-23(42)39-21-9-5-4-8-20(21)34(36,37)38)17(12-15)24-25-18-13-19(28(25)47-30-29(24)48-33(45)40-30)27-26(18)31(43)41(32(27)44)16-6-2-1-3-7-16/h1-12,18-19,24-28H,13-14H2,(H,39,42)(H,40,45)/t18-,19-,24+,25-,26+,27+,28-/m1/s1. The second kappa shape index (κ2) is 11.6. The van der Waals surface area contributed by atoms with Crippen LogP contribution in [0.2, 0.25) is 0 Å². The molecule has 3 fully saturated rings. The molecule has 2 aliphatic carbocycles. The first kappa shape index (κ1) is 31.4. The maximum absolute atomic E-state index is 14.0. The van der Waals surface area contributed by atoms with Gasteiger partial charge in [0.2, 0.25) is 11.8 Å². The highest BCUT2D eigenvalue weighted by molar-refractivity contribution is 9.10. The summed E-state index contributed by atoms with van der Waals surface area (Å²) in [7, 11) is 0. The Morgan fingerprint density at radius 1 is 0.979 bits per heavy atom. The minimum Gasteiger partial charge on any atom is -0.483 e. The number of para-hydroxylation sites is 2. The van der Waals surface area contributed by atoms with E-state index in [4.69, 9.17) is 4.74 Å². The van der Waals surface area contributed by atoms with Gasteiger partial charge in [0, 0.05) is 26.1 Å². The van der Waals surface area contributed by atoms with Gasteiger partial charge >= 0.3 is 11.0 Å². The molecule has 48 heavy (non-hydrogen) atoms. The molecule has 8 nitrogen and oxygen atoms in total. The lowest BCUT2D eigenvalue weighted by Gasteiger charge is -2.43. The van der Waals surface area contributed by atoms with Crippen molar-refractivity contribution in [2.24, 2.45) is 29.6 Å². The van der Waals surface area contributed by atoms with Crippen LogP contribution in [-0.2, 0) is 20.6 Å². The first-order valence-corrected chi connectivity index (χ1v) is 17.7. The zero-order valence-electron chi connectivity index (χ0n) is 24.7. The third-order valence-electron chi connectivity index (χ3n) is 9.91. The van der Waals surface area contributed by atoms with Crippen LogP contribution in [0.3, 0.4) is 0 Å². The molecule has 246 valence electrons. The van der Waals surface area contributed by atoms with E-state index in [0.29, 0.717) is 28.4 Å². The molecular weight excluding hydrogens is 731 g/mol. The van der Waals surface area contributed by atoms with Crippen LogP contribution in [0.1, 0.15) is 28.3 Å². The summed E-state index contributed by atoms with van der Waals surface area (Å²) >= 11 is 6.19. The van der Waals surface area contributed by atoms with Crippen LogP contribution in [0, 0.1) is 29.6 Å². The van der Waals surface area contributed by atoms with Crippen LogP contribution in [0.5, 0.6) is 5.75 Å². The van der Waals surface area contributed by atoms with E-state index in [1.54, 1.807) is 48.2 Å². The lowest BCUT2D eigenvalue weighted by Crippen LogP contribution is -2.42. The number of carbonyl (C=O) groups excluding carboxylic acids is 3. The molecule has 8 rings (SSSR count). The minimum atomic E-state index is -4.65. The predicted molar refractivity (Wildman–Crippen MR) is 177 cm³/mol. The van der Waals surface area contributed by atoms with Gasteiger partial charge in [-0.25, -0.2) is 0 Å². The number of carbonyl (C=O) groups is 3. The number of H-pyrrole nitrogens is 1. The Hall–Kier alpha value is -3.88. The van der Waals surface area contributed by atoms with Gasteiger partial charge in [-0.3, -0.25) is 24.1 Å². The molecule has 2 saturated carbocycles. The number of imide groups is 1. The molecule has 7 atom stereocenters. The first-order valence-electron chi connectivity index (χ1n) is 15.2. The van der Waals surface area contributed by atoms with Crippen molar-refractivity contribution >= 4 is 68.1 Å². The van der Waals surface area contributed by atoms with Crippen LogP contribution >= 0.6 is 39.0 Å². The largest absolute Gasteiger partial charge is 0.483 e. The molecule has 2 aliphatic heterocycles. The number of halogens is 4. The second-order valence-corrected chi connectivity index (χ2v) is 15.5. The predicted octanol–water partition coefficient (Wildman–Crippen LogP) is 6.91. The summed E-state index contributed by atoms with van der Waals surface area (Å²) < 4.78 is 47.3. The highest BCUT2D eigenvalue weighted by Crippen LogP contribution is 2.69. The maximum atomic E-state index is 14.0. The van der Waals surface area contributed by atoms with Crippen LogP contribution < -0.4 is 19.8 Å².